The molecule has 5 heteroatoms. The molecule has 0 aliphatic carbocycles. The largest absolute Gasteiger partial charge is 0.488 e. The number of benzene rings is 2. The summed E-state index contributed by atoms with van der Waals surface area (Å²) in [7, 11) is 0. The molecule has 0 radical (unpaired) electrons. The molecule has 4 rings (SSSR count). The molecule has 0 saturated heterocycles. The number of hydrogen-bond donors (Lipinski definition) is 1. The average molecular weight is 331 g/mol. The summed E-state index contributed by atoms with van der Waals surface area (Å²) in [5.41, 5.74) is 3.28. The van der Waals surface area contributed by atoms with Crippen LogP contribution in [0, 0.1) is 6.92 Å². The number of ether oxygens (including phenoxy) is 1. The van der Waals surface area contributed by atoms with E-state index >= 15 is 0 Å². The Kier molecular flexibility index (Phi) is 3.82. The second kappa shape index (κ2) is 6.28. The molecule has 1 aromatic heterocycles. The molecule has 0 spiro atoms. The van der Waals surface area contributed by atoms with Crippen LogP contribution < -0.4 is 10.1 Å². The van der Waals surface area contributed by atoms with E-state index in [-0.39, 0.29) is 12.5 Å². The molecule has 5 nitrogen and oxygen atoms in total. The molecule has 124 valence electrons. The third-order valence-electron chi connectivity index (χ3n) is 4.11. The van der Waals surface area contributed by atoms with E-state index in [1.807, 2.05) is 67.6 Å². The molecule has 1 aliphatic rings. The SMILES string of the molecule is Cc1cnn(-c2ccccc2)c1NC(=O)C1=Cc2ccccc2OC1. The first kappa shape index (κ1) is 15.2. The zero-order valence-electron chi connectivity index (χ0n) is 13.8. The van der Waals surface area contributed by atoms with Gasteiger partial charge in [-0.2, -0.15) is 5.10 Å². The monoisotopic (exact) mass is 331 g/mol. The summed E-state index contributed by atoms with van der Waals surface area (Å²) in [4.78, 5) is 12.7. The fourth-order valence-corrected chi connectivity index (χ4v) is 2.78. The molecule has 2 heterocycles. The van der Waals surface area contributed by atoms with Gasteiger partial charge in [-0.3, -0.25) is 4.79 Å². The Bertz CT molecular complexity index is 958. The van der Waals surface area contributed by atoms with E-state index in [1.165, 1.54) is 0 Å². The van der Waals surface area contributed by atoms with Crippen molar-refractivity contribution in [1.82, 2.24) is 9.78 Å². The first-order valence-electron chi connectivity index (χ1n) is 8.06. The number of carbonyl (C=O) groups is 1. The molecule has 1 N–H and O–H groups in total. The van der Waals surface area contributed by atoms with Crippen molar-refractivity contribution in [3.8, 4) is 11.4 Å². The quantitative estimate of drug-likeness (QED) is 0.798. The molecule has 1 amide bonds. The van der Waals surface area contributed by atoms with Crippen LogP contribution in [0.3, 0.4) is 0 Å². The molecule has 0 atom stereocenters. The first-order valence-corrected chi connectivity index (χ1v) is 8.06. The van der Waals surface area contributed by atoms with E-state index in [4.69, 9.17) is 4.74 Å². The maximum absolute atomic E-state index is 12.7. The second-order valence-electron chi connectivity index (χ2n) is 5.87. The van der Waals surface area contributed by atoms with Gasteiger partial charge in [0.05, 0.1) is 17.5 Å². The number of nitrogens with zero attached hydrogens (tertiary/aromatic N) is 2. The number of hydrogen-bond acceptors (Lipinski definition) is 3. The lowest BCUT2D eigenvalue weighted by Crippen LogP contribution is -2.23. The predicted octanol–water partition coefficient (Wildman–Crippen LogP) is 3.60. The highest BCUT2D eigenvalue weighted by molar-refractivity contribution is 6.07. The van der Waals surface area contributed by atoms with Crippen molar-refractivity contribution in [2.24, 2.45) is 0 Å². The van der Waals surface area contributed by atoms with Crippen LogP contribution in [0.15, 0.2) is 66.4 Å². The molecule has 1 aliphatic heterocycles. The highest BCUT2D eigenvalue weighted by Crippen LogP contribution is 2.27. The van der Waals surface area contributed by atoms with Crippen molar-refractivity contribution >= 4 is 17.8 Å². The van der Waals surface area contributed by atoms with Crippen LogP contribution in [-0.4, -0.2) is 22.3 Å². The van der Waals surface area contributed by atoms with Gasteiger partial charge >= 0.3 is 0 Å². The first-order chi connectivity index (χ1) is 12.2. The Morgan fingerprint density at radius 3 is 2.72 bits per heavy atom. The third kappa shape index (κ3) is 2.92. The zero-order chi connectivity index (χ0) is 17.2. The number of carbonyl (C=O) groups excluding carboxylic acids is 1. The number of para-hydroxylation sites is 2. The molecule has 2 aromatic carbocycles. The maximum Gasteiger partial charge on any atom is 0.256 e. The van der Waals surface area contributed by atoms with E-state index in [0.717, 1.165) is 22.6 Å². The second-order valence-corrected chi connectivity index (χ2v) is 5.87. The maximum atomic E-state index is 12.7. The van der Waals surface area contributed by atoms with Gasteiger partial charge in [-0.25, -0.2) is 4.68 Å². The minimum absolute atomic E-state index is 0.185. The molecule has 0 saturated carbocycles. The topological polar surface area (TPSA) is 56.2 Å². The summed E-state index contributed by atoms with van der Waals surface area (Å²) in [6.07, 6.45) is 3.61. The number of aromatic nitrogens is 2. The van der Waals surface area contributed by atoms with Crippen LogP contribution in [0.2, 0.25) is 0 Å². The fourth-order valence-electron chi connectivity index (χ4n) is 2.78. The Morgan fingerprint density at radius 1 is 1.12 bits per heavy atom. The Morgan fingerprint density at radius 2 is 1.88 bits per heavy atom. The molecular formula is C20H17N3O2. The Hall–Kier alpha value is -3.34. The van der Waals surface area contributed by atoms with Crippen molar-refractivity contribution in [2.75, 3.05) is 11.9 Å². The Labute approximate surface area is 145 Å². The standard InChI is InChI=1S/C20H17N3O2/c1-14-12-21-23(17-8-3-2-4-9-17)19(14)22-20(24)16-11-15-7-5-6-10-18(15)25-13-16/h2-12H,13H2,1H3,(H,22,24). The molecule has 0 bridgehead atoms. The van der Waals surface area contributed by atoms with Gasteiger partial charge in [0, 0.05) is 11.1 Å². The summed E-state index contributed by atoms with van der Waals surface area (Å²) in [6.45, 7) is 2.17. The van der Waals surface area contributed by atoms with Crippen LogP contribution >= 0.6 is 0 Å². The minimum Gasteiger partial charge on any atom is -0.488 e. The van der Waals surface area contributed by atoms with Crippen molar-refractivity contribution in [1.29, 1.82) is 0 Å². The smallest absolute Gasteiger partial charge is 0.256 e. The summed E-state index contributed by atoms with van der Waals surface area (Å²) in [5.74, 6) is 1.27. The number of rotatable bonds is 3. The summed E-state index contributed by atoms with van der Waals surface area (Å²) in [5, 5.41) is 7.34. The lowest BCUT2D eigenvalue weighted by atomic mass is 10.1. The van der Waals surface area contributed by atoms with Crippen LogP contribution in [0.4, 0.5) is 5.82 Å². The summed E-state index contributed by atoms with van der Waals surface area (Å²) >= 11 is 0. The number of amides is 1. The number of anilines is 1. The van der Waals surface area contributed by atoms with Gasteiger partial charge in [0.25, 0.3) is 5.91 Å². The van der Waals surface area contributed by atoms with E-state index in [0.29, 0.717) is 11.4 Å². The van der Waals surface area contributed by atoms with E-state index in [2.05, 4.69) is 10.4 Å². The normalized spacial score (nSPS) is 12.8. The van der Waals surface area contributed by atoms with Crippen LogP contribution in [0.5, 0.6) is 5.75 Å². The molecule has 3 aromatic rings. The highest BCUT2D eigenvalue weighted by Gasteiger charge is 2.19. The van der Waals surface area contributed by atoms with Gasteiger partial charge in [0.15, 0.2) is 0 Å². The summed E-state index contributed by atoms with van der Waals surface area (Å²) < 4.78 is 7.40. The van der Waals surface area contributed by atoms with Crippen molar-refractivity contribution in [3.63, 3.8) is 0 Å². The van der Waals surface area contributed by atoms with Crippen molar-refractivity contribution in [2.45, 2.75) is 6.92 Å². The van der Waals surface area contributed by atoms with Gasteiger partial charge in [0.2, 0.25) is 0 Å². The van der Waals surface area contributed by atoms with E-state index in [1.54, 1.807) is 10.9 Å². The van der Waals surface area contributed by atoms with Gasteiger partial charge < -0.3 is 10.1 Å². The number of fused-ring (bicyclic) bond motifs is 1. The molecular weight excluding hydrogens is 314 g/mol. The van der Waals surface area contributed by atoms with Crippen LogP contribution in [0.1, 0.15) is 11.1 Å². The highest BCUT2D eigenvalue weighted by atomic mass is 16.5. The van der Waals surface area contributed by atoms with Gasteiger partial charge in [-0.15, -0.1) is 0 Å². The zero-order valence-corrected chi connectivity index (χ0v) is 13.8. The minimum atomic E-state index is -0.185. The van der Waals surface area contributed by atoms with Crippen molar-refractivity contribution in [3.05, 3.63) is 77.5 Å². The lowest BCUT2D eigenvalue weighted by Gasteiger charge is -2.18. The van der Waals surface area contributed by atoms with Crippen molar-refractivity contribution < 1.29 is 9.53 Å². The number of aryl methyl sites for hydroxylation is 1. The molecule has 25 heavy (non-hydrogen) atoms. The number of nitrogens with one attached hydrogen (secondary N) is 1. The predicted molar refractivity (Wildman–Crippen MR) is 96.8 cm³/mol. The van der Waals surface area contributed by atoms with Crippen LogP contribution in [0.25, 0.3) is 11.8 Å². The lowest BCUT2D eigenvalue weighted by molar-refractivity contribution is -0.113. The van der Waals surface area contributed by atoms with Gasteiger partial charge in [0.1, 0.15) is 18.2 Å². The summed E-state index contributed by atoms with van der Waals surface area (Å²) in [6, 6.07) is 17.4. The van der Waals surface area contributed by atoms with Gasteiger partial charge in [-0.1, -0.05) is 36.4 Å². The fraction of sp³-hybridized carbons (Fsp3) is 0.100. The molecule has 0 fully saturated rings. The average Bonchev–Trinajstić information content (AvgIpc) is 3.02. The van der Waals surface area contributed by atoms with E-state index in [9.17, 15) is 4.79 Å². The van der Waals surface area contributed by atoms with Crippen LogP contribution in [-0.2, 0) is 4.79 Å². The van der Waals surface area contributed by atoms with E-state index < -0.39 is 0 Å². The molecule has 0 unspecified atom stereocenters. The van der Waals surface area contributed by atoms with Gasteiger partial charge in [-0.05, 0) is 31.2 Å². The third-order valence-corrected chi connectivity index (χ3v) is 4.11. The Balaban J connectivity index is 1.63.